The Labute approximate surface area is 700 Å². The molecule has 6 aliphatic rings. The highest BCUT2D eigenvalue weighted by Crippen LogP contribution is 2.43. The van der Waals surface area contributed by atoms with Crippen molar-refractivity contribution in [2.45, 2.75) is 174 Å². The smallest absolute Gasteiger partial charge is 0.410 e. The van der Waals surface area contributed by atoms with Crippen molar-refractivity contribution in [3.05, 3.63) is 180 Å². The molecule has 644 valence electrons. The topological polar surface area (TPSA) is 453 Å². The fraction of sp³-hybridized carbons (Fsp3) is 0.432. The fourth-order valence-electron chi connectivity index (χ4n) is 13.7. The lowest BCUT2D eigenvalue weighted by Crippen LogP contribution is -2.42. The number of carboxylic acids is 2. The molecule has 0 atom stereocenters. The number of hydrogen-bond acceptors (Lipinski definition) is 27. The van der Waals surface area contributed by atoms with E-state index in [1.54, 1.807) is 46.7 Å². The first-order chi connectivity index (χ1) is 57.6. The van der Waals surface area contributed by atoms with Gasteiger partial charge in [-0.05, 0) is 134 Å². The van der Waals surface area contributed by atoms with Gasteiger partial charge in [0.25, 0.3) is 5.91 Å². The Bertz CT molecular complexity index is 4980. The molecule has 6 aromatic carbocycles. The molecule has 3 aromatic heterocycles. The molecule has 6 aliphatic heterocycles. The van der Waals surface area contributed by atoms with Gasteiger partial charge in [0.2, 0.25) is 35.1 Å². The van der Waals surface area contributed by atoms with Gasteiger partial charge in [-0.2, -0.15) is 15.0 Å². The highest BCUT2D eigenvalue weighted by molar-refractivity contribution is 6.04. The predicted molar refractivity (Wildman–Crippen MR) is 442 cm³/mol. The summed E-state index contributed by atoms with van der Waals surface area (Å²) >= 11 is 0. The molecule has 33 heteroatoms. The van der Waals surface area contributed by atoms with E-state index in [2.05, 4.69) is 40.9 Å². The fourth-order valence-corrected chi connectivity index (χ4v) is 13.7. The third kappa shape index (κ3) is 26.8. The van der Waals surface area contributed by atoms with Crippen LogP contribution >= 0.6 is 0 Å². The average molecular weight is 1670 g/mol. The number of amides is 3. The third-order valence-corrected chi connectivity index (χ3v) is 19.8. The number of ketones is 2. The van der Waals surface area contributed by atoms with Gasteiger partial charge in [0.1, 0.15) is 68.0 Å². The number of aromatic hydroxyl groups is 2. The molecule has 3 amide bonds. The Kier molecular flexibility index (Phi) is 30.7. The van der Waals surface area contributed by atoms with Crippen molar-refractivity contribution in [2.24, 2.45) is 16.8 Å². The lowest BCUT2D eigenvalue weighted by molar-refractivity contribution is -0.143. The number of rotatable bonds is 14. The Hall–Kier alpha value is -12.9. The van der Waals surface area contributed by atoms with Gasteiger partial charge in [-0.1, -0.05) is 142 Å². The molecular weight excluding hydrogens is 1560 g/mol. The number of aliphatic carboxylic acids is 2. The summed E-state index contributed by atoms with van der Waals surface area (Å²) in [5, 5.41) is 64.1. The minimum atomic E-state index is -1.13. The zero-order valence-corrected chi connectivity index (χ0v) is 69.6. The number of aromatic nitrogens is 6. The standard InChI is InChI=1S/C26H27N3O6.C18H23N3O3.C13H15N3O.C13H14O6.C11H19NO4.C7H8N2O/c1-26(2)14-20(31)23-19(30)12-18(13-21(23)34-26)33-15-22(32)29-10-8-17(9-11-29)25-27-24(28-35-25)16-6-4-3-5-7-16;1-18(2,3)23-17(22)21-11-9-14(10-12-21)16-19-15(20-24-16)13-7-5-4-6-8-13;1-2-4-10(5-3-1)12-15-13(17-16-12)11-6-8-14-9-7-11;1-13(2)5-9(15)12-8(14)3-7(4-10(12)19-13)18-6-11(16)17;1-11(2,3)16-10(15)12-6-4-8(5-7-12)9(13)14;8-7(9-10)6-4-2-1-3-5-6/h3-7,12-13,17,30H,8-11,14-15H2,1-2H3;4-8,14H,9-12H2,1-3H3;1-5,11,14H,6-9H2;3-4,14H,5-6H2,1-2H3,(H,16,17);8H,4-7H2,1-3H3,(H,13,14);1-5,10H,(H2,8,9). The van der Waals surface area contributed by atoms with Crippen LogP contribution in [0, 0.1) is 5.92 Å². The molecule has 0 spiro atoms. The van der Waals surface area contributed by atoms with Gasteiger partial charge in [0.15, 0.2) is 30.6 Å². The van der Waals surface area contributed by atoms with Crippen LogP contribution in [0.5, 0.6) is 34.5 Å². The van der Waals surface area contributed by atoms with E-state index < -0.39 is 40.9 Å². The maximum atomic E-state index is 12.7. The van der Waals surface area contributed by atoms with E-state index in [9.17, 15) is 43.8 Å². The van der Waals surface area contributed by atoms with E-state index in [-0.39, 0.29) is 118 Å². The molecule has 4 fully saturated rings. The van der Waals surface area contributed by atoms with Gasteiger partial charge in [0.05, 0.1) is 18.8 Å². The Morgan fingerprint density at radius 3 is 1.21 bits per heavy atom. The third-order valence-electron chi connectivity index (χ3n) is 19.8. The molecule has 0 unspecified atom stereocenters. The normalized spacial score (nSPS) is 16.6. The van der Waals surface area contributed by atoms with Gasteiger partial charge < -0.3 is 93.4 Å². The van der Waals surface area contributed by atoms with Crippen LogP contribution in [0.4, 0.5) is 9.59 Å². The predicted octanol–water partition coefficient (Wildman–Crippen LogP) is 14.1. The number of nitrogens with two attached hydrogens (primary N) is 1. The first-order valence-corrected chi connectivity index (χ1v) is 40.1. The molecule has 0 aliphatic carbocycles. The number of nitrogens with one attached hydrogen (secondary N) is 1. The lowest BCUT2D eigenvalue weighted by Gasteiger charge is -2.32. The lowest BCUT2D eigenvalue weighted by atomic mass is 9.92. The summed E-state index contributed by atoms with van der Waals surface area (Å²) in [5.41, 5.74) is 6.84. The highest BCUT2D eigenvalue weighted by Gasteiger charge is 2.38. The summed E-state index contributed by atoms with van der Waals surface area (Å²) in [7, 11) is 0. The van der Waals surface area contributed by atoms with Crippen LogP contribution < -0.4 is 30.0 Å². The van der Waals surface area contributed by atoms with E-state index in [4.69, 9.17) is 63.1 Å². The van der Waals surface area contributed by atoms with Crippen molar-refractivity contribution in [1.82, 2.24) is 50.4 Å². The summed E-state index contributed by atoms with van der Waals surface area (Å²) in [5.74, 6) is 2.38. The maximum absolute atomic E-state index is 12.7. The van der Waals surface area contributed by atoms with Crippen LogP contribution in [-0.4, -0.2) is 206 Å². The molecule has 9 aromatic rings. The van der Waals surface area contributed by atoms with Crippen molar-refractivity contribution in [3.63, 3.8) is 0 Å². The molecule has 121 heavy (non-hydrogen) atoms. The molecular formula is C88H106N12O21. The highest BCUT2D eigenvalue weighted by atomic mass is 16.6. The molecule has 4 saturated heterocycles. The number of Topliss-reactive ketones (excluding diaryl/α,β-unsaturated/α-hetero) is 2. The molecule has 33 nitrogen and oxygen atoms in total. The largest absolute Gasteiger partial charge is 0.507 e. The number of amidine groups is 1. The van der Waals surface area contributed by atoms with Crippen molar-refractivity contribution in [2.75, 3.05) is 65.6 Å². The van der Waals surface area contributed by atoms with Crippen LogP contribution in [0.25, 0.3) is 34.2 Å². The monoisotopic (exact) mass is 1670 g/mol. The van der Waals surface area contributed by atoms with E-state index >= 15 is 0 Å². The number of hydrogen-bond donors (Lipinski definition) is 7. The van der Waals surface area contributed by atoms with Crippen LogP contribution in [-0.2, 0) is 23.9 Å². The van der Waals surface area contributed by atoms with Gasteiger partial charge in [-0.3, -0.25) is 19.2 Å². The van der Waals surface area contributed by atoms with E-state index in [0.29, 0.717) is 100 Å². The molecule has 15 rings (SSSR count). The van der Waals surface area contributed by atoms with Crippen molar-refractivity contribution in [3.8, 4) is 68.7 Å². The average Bonchev–Trinajstić information content (AvgIpc) is 1.76. The zero-order valence-electron chi connectivity index (χ0n) is 69.6. The van der Waals surface area contributed by atoms with E-state index in [1.165, 1.54) is 18.2 Å². The van der Waals surface area contributed by atoms with Crippen LogP contribution in [0.15, 0.2) is 164 Å². The summed E-state index contributed by atoms with van der Waals surface area (Å²) in [6, 6.07) is 44.0. The molecule has 9 heterocycles. The van der Waals surface area contributed by atoms with Crippen LogP contribution in [0.3, 0.4) is 0 Å². The van der Waals surface area contributed by atoms with Gasteiger partial charge in [0, 0.05) is 104 Å². The number of ether oxygens (including phenoxy) is 6. The molecule has 0 radical (unpaired) electrons. The van der Waals surface area contributed by atoms with Crippen molar-refractivity contribution >= 4 is 47.4 Å². The second-order valence-corrected chi connectivity index (χ2v) is 32.8. The molecule has 0 saturated carbocycles. The number of phenols is 2. The van der Waals surface area contributed by atoms with Crippen molar-refractivity contribution < 1.29 is 101 Å². The first kappa shape index (κ1) is 90.4. The van der Waals surface area contributed by atoms with E-state index in [0.717, 1.165) is 66.9 Å². The summed E-state index contributed by atoms with van der Waals surface area (Å²) < 4.78 is 49.0. The number of fused-ring (bicyclic) bond motifs is 2. The van der Waals surface area contributed by atoms with Gasteiger partial charge >= 0.3 is 24.1 Å². The summed E-state index contributed by atoms with van der Waals surface area (Å²) in [6.07, 6.45) is 5.95. The second-order valence-electron chi connectivity index (χ2n) is 32.8. The minimum absolute atomic E-state index is 0.0977. The van der Waals surface area contributed by atoms with Gasteiger partial charge in [-0.15, -0.1) is 0 Å². The number of oxime groups is 1. The molecule has 0 bridgehead atoms. The Morgan fingerprint density at radius 1 is 0.504 bits per heavy atom. The van der Waals surface area contributed by atoms with Crippen LogP contribution in [0.2, 0.25) is 0 Å². The van der Waals surface area contributed by atoms with Crippen molar-refractivity contribution in [1.29, 1.82) is 0 Å². The van der Waals surface area contributed by atoms with E-state index in [1.807, 2.05) is 165 Å². The van der Waals surface area contributed by atoms with Crippen LogP contribution in [0.1, 0.15) is 195 Å². The molecule has 8 N–H and O–H groups in total. The number of carbonyl (C=O) groups excluding carboxylic acids is 5. The summed E-state index contributed by atoms with van der Waals surface area (Å²) in [4.78, 5) is 101. The van der Waals surface area contributed by atoms with Gasteiger partial charge in [-0.25, -0.2) is 14.4 Å². The Morgan fingerprint density at radius 2 is 0.851 bits per heavy atom. The first-order valence-electron chi connectivity index (χ1n) is 40.1. The maximum Gasteiger partial charge on any atom is 0.410 e. The number of carbonyl (C=O) groups is 7. The quantitative estimate of drug-likeness (QED) is 0.0230. The number of piperidine rings is 4. The zero-order chi connectivity index (χ0) is 87.2. The number of carboxylic acid groups (broad SMARTS) is 2. The minimum Gasteiger partial charge on any atom is -0.507 e. The number of likely N-dealkylation sites (tertiary alicyclic amines) is 3. The number of phenolic OH excluding ortho intramolecular Hbond substituents is 2. The number of benzene rings is 6. The second kappa shape index (κ2) is 41.2. The number of nitrogens with zero attached hydrogens (tertiary/aromatic N) is 10. The SMILES string of the molecule is CC(C)(C)OC(=O)N1CCC(C(=O)O)CC1.CC(C)(C)OC(=O)N1CCC(c2nc(-c3ccccc3)no2)CC1.CC1(C)CC(=O)c2c(O)cc(OCC(=O)N3CCC(c4nc(-c5ccccc5)no4)CC3)cc2O1.CC1(C)CC(=O)c2c(O)cc(OCC(=O)O)cc2O1.N/C(=N\O)c1ccccc1.c1ccc(-c2noc(C3CCNCC3)n2)cc1. The Balaban J connectivity index is 0.000000159. The summed E-state index contributed by atoms with van der Waals surface area (Å²) in [6.45, 7) is 22.9.